The molecule has 4 aromatic rings. The molecule has 0 saturated heterocycles. The van der Waals surface area contributed by atoms with Crippen LogP contribution in [0.15, 0.2) is 67.6 Å². The van der Waals surface area contributed by atoms with Gasteiger partial charge in [-0.3, -0.25) is 4.68 Å². The molecule has 11 nitrogen and oxygen atoms in total. The van der Waals surface area contributed by atoms with Gasteiger partial charge in [-0.25, -0.2) is 10.0 Å². The molecule has 0 saturated carbocycles. The van der Waals surface area contributed by atoms with Crippen molar-refractivity contribution >= 4 is 32.7 Å². The molecule has 0 radical (unpaired) electrons. The van der Waals surface area contributed by atoms with Gasteiger partial charge in [-0.15, -0.1) is 5.10 Å². The van der Waals surface area contributed by atoms with Crippen molar-refractivity contribution in [2.24, 2.45) is 5.73 Å². The van der Waals surface area contributed by atoms with Crippen molar-refractivity contribution in [1.29, 1.82) is 5.26 Å². The van der Waals surface area contributed by atoms with Crippen LogP contribution in [0.5, 0.6) is 11.5 Å². The van der Waals surface area contributed by atoms with Crippen molar-refractivity contribution < 1.29 is 24.3 Å². The zero-order valence-electron chi connectivity index (χ0n) is 19.6. The molecule has 1 aliphatic rings. The molecule has 4 N–H and O–H groups in total. The minimum absolute atomic E-state index is 0.0670. The molecule has 5 rings (SSSR count). The third-order valence-electron chi connectivity index (χ3n) is 6.27. The van der Waals surface area contributed by atoms with Crippen LogP contribution in [0.2, 0.25) is 0 Å². The first-order chi connectivity index (χ1) is 17.7. The van der Waals surface area contributed by atoms with Gasteiger partial charge in [-0.1, -0.05) is 18.2 Å². The van der Waals surface area contributed by atoms with Crippen molar-refractivity contribution in [3.63, 3.8) is 0 Å². The van der Waals surface area contributed by atoms with Crippen LogP contribution in [-0.4, -0.2) is 22.1 Å². The molecule has 0 aliphatic carbocycles. The summed E-state index contributed by atoms with van der Waals surface area (Å²) < 4.78 is 18.8. The summed E-state index contributed by atoms with van der Waals surface area (Å²) in [5.41, 5.74) is 7.90. The number of para-hydroxylation sites is 1. The van der Waals surface area contributed by atoms with E-state index < -0.39 is 16.8 Å². The fourth-order valence-electron chi connectivity index (χ4n) is 4.48. The van der Waals surface area contributed by atoms with E-state index in [1.54, 1.807) is 49.4 Å². The lowest BCUT2D eigenvalue weighted by Crippen LogP contribution is -2.99. The molecule has 0 bridgehead atoms. The van der Waals surface area contributed by atoms with E-state index in [-0.39, 0.29) is 35.1 Å². The van der Waals surface area contributed by atoms with E-state index in [2.05, 4.69) is 27.1 Å². The highest BCUT2D eigenvalue weighted by Gasteiger charge is 2.36. The van der Waals surface area contributed by atoms with E-state index in [0.29, 0.717) is 38.0 Å². The Kier molecular flexibility index (Phi) is 6.22. The van der Waals surface area contributed by atoms with Crippen LogP contribution >= 0.6 is 15.9 Å². The van der Waals surface area contributed by atoms with Crippen LogP contribution in [0.25, 0.3) is 11.0 Å². The van der Waals surface area contributed by atoms with Gasteiger partial charge in [0.05, 0.1) is 36.2 Å². The number of halogens is 1. The van der Waals surface area contributed by atoms with E-state index in [4.69, 9.17) is 19.6 Å². The smallest absolute Gasteiger partial charge is 0.344 e. The van der Waals surface area contributed by atoms with E-state index in [9.17, 15) is 20.5 Å². The maximum Gasteiger partial charge on any atom is 0.344 e. The highest BCUT2D eigenvalue weighted by atomic mass is 79.9. The summed E-state index contributed by atoms with van der Waals surface area (Å²) in [6.45, 7) is 1.90. The summed E-state index contributed by atoms with van der Waals surface area (Å²) in [7, 11) is 1.51. The second-order valence-corrected chi connectivity index (χ2v) is 9.13. The van der Waals surface area contributed by atoms with Crippen LogP contribution in [0, 0.1) is 23.5 Å². The number of quaternary nitrogens is 1. The Hall–Kier alpha value is -4.15. The number of nitriles is 1. The second-order valence-electron chi connectivity index (χ2n) is 8.34. The molecule has 3 heterocycles. The Bertz CT molecular complexity index is 1680. The van der Waals surface area contributed by atoms with Gasteiger partial charge in [0, 0.05) is 5.56 Å². The Morgan fingerprint density at radius 3 is 2.78 bits per heavy atom. The van der Waals surface area contributed by atoms with E-state index in [1.807, 2.05) is 0 Å². The quantitative estimate of drug-likeness (QED) is 0.243. The Morgan fingerprint density at radius 1 is 1.35 bits per heavy atom. The number of ether oxygens (including phenoxy) is 2. The summed E-state index contributed by atoms with van der Waals surface area (Å²) in [5, 5.41) is 34.5. The average molecular weight is 566 g/mol. The predicted octanol–water partition coefficient (Wildman–Crippen LogP) is 2.74. The lowest BCUT2D eigenvalue weighted by molar-refractivity contribution is -0.993. The van der Waals surface area contributed by atoms with Gasteiger partial charge in [-0.05, 0) is 52.7 Å². The van der Waals surface area contributed by atoms with Crippen LogP contribution in [0.1, 0.15) is 28.3 Å². The third kappa shape index (κ3) is 4.04. The van der Waals surface area contributed by atoms with E-state index in [1.165, 1.54) is 11.8 Å². The van der Waals surface area contributed by atoms with E-state index >= 15 is 0 Å². The minimum atomic E-state index is -1.16. The van der Waals surface area contributed by atoms with Gasteiger partial charge in [0.2, 0.25) is 5.88 Å². The molecule has 37 heavy (non-hydrogen) atoms. The number of allylic oxidation sites excluding steroid dienone is 1. The number of aromatic nitrogens is 2. The number of rotatable bonds is 5. The van der Waals surface area contributed by atoms with Crippen LogP contribution in [0.3, 0.4) is 0 Å². The number of hydrogen-bond donors (Lipinski definition) is 3. The monoisotopic (exact) mass is 565 g/mol. The molecule has 1 aliphatic heterocycles. The summed E-state index contributed by atoms with van der Waals surface area (Å²) >= 11 is 3.29. The lowest BCUT2D eigenvalue weighted by Gasteiger charge is -2.26. The molecule has 0 spiro atoms. The number of nitrogens with one attached hydrogen (secondary N) is 1. The van der Waals surface area contributed by atoms with Crippen molar-refractivity contribution in [3.8, 4) is 17.6 Å². The Morgan fingerprint density at radius 2 is 2.11 bits per heavy atom. The summed E-state index contributed by atoms with van der Waals surface area (Å²) in [6.07, 6.45) is 0. The van der Waals surface area contributed by atoms with Crippen LogP contribution in [0.4, 0.5) is 5.82 Å². The number of hydrogen-bond acceptors (Lipinski definition) is 9. The standard InChI is InChI=1S/C25H20BrN5O6/c1-12-21(26)24(31(33)34)29-30(12)11-14-9-13(7-8-17(14)35-2)19-16(10-27)23(28)37-22-15-5-3-4-6-18(15)36-25(32)20(19)22/h3-9,19,31,33H,11,28H2,1-2H3/t19-/m1/s1. The first-order valence-electron chi connectivity index (χ1n) is 11.0. The van der Waals surface area contributed by atoms with E-state index in [0.717, 1.165) is 0 Å². The fraction of sp³-hybridized carbons (Fsp3) is 0.160. The fourth-order valence-corrected chi connectivity index (χ4v) is 4.93. The Labute approximate surface area is 218 Å². The summed E-state index contributed by atoms with van der Waals surface area (Å²) in [4.78, 5) is 13.2. The first-order valence-corrected chi connectivity index (χ1v) is 11.8. The van der Waals surface area contributed by atoms with Crippen molar-refractivity contribution in [2.75, 3.05) is 7.11 Å². The molecule has 0 fully saturated rings. The van der Waals surface area contributed by atoms with Gasteiger partial charge in [0.1, 0.15) is 27.4 Å². The molecule has 12 heteroatoms. The zero-order valence-corrected chi connectivity index (χ0v) is 21.2. The summed E-state index contributed by atoms with van der Waals surface area (Å²) in [5.74, 6) is -0.327. The predicted molar refractivity (Wildman–Crippen MR) is 134 cm³/mol. The van der Waals surface area contributed by atoms with Gasteiger partial charge in [-0.2, -0.15) is 10.5 Å². The van der Waals surface area contributed by atoms with Crippen LogP contribution in [-0.2, 0) is 6.54 Å². The van der Waals surface area contributed by atoms with Gasteiger partial charge in [0.25, 0.3) is 5.82 Å². The SMILES string of the molecule is COc1ccc([C@@H]2C(C#N)=C(N)Oc3c2c(=O)oc2ccccc32)cc1Cn1nc([NH+]([O-])O)c(Br)c1C. The first kappa shape index (κ1) is 24.5. The highest BCUT2D eigenvalue weighted by molar-refractivity contribution is 9.10. The number of methoxy groups -OCH3 is 1. The highest BCUT2D eigenvalue weighted by Crippen LogP contribution is 2.44. The van der Waals surface area contributed by atoms with Gasteiger partial charge in [0.15, 0.2) is 5.75 Å². The minimum Gasteiger partial charge on any atom is -0.594 e. The number of benzene rings is 2. The maximum absolute atomic E-state index is 13.2. The number of nitrogens with zero attached hydrogens (tertiary/aromatic N) is 3. The number of fused-ring (bicyclic) bond motifs is 3. The van der Waals surface area contributed by atoms with Crippen molar-refractivity contribution in [1.82, 2.24) is 9.78 Å². The molecule has 0 amide bonds. The normalized spacial score (nSPS) is 15.7. The molecule has 1 unspecified atom stereocenters. The topological polar surface area (TPSA) is 164 Å². The molecule has 2 atom stereocenters. The molecule has 2 aromatic heterocycles. The maximum atomic E-state index is 13.2. The van der Waals surface area contributed by atoms with Crippen molar-refractivity contribution in [2.45, 2.75) is 19.4 Å². The molecule has 188 valence electrons. The Balaban J connectivity index is 1.69. The third-order valence-corrected chi connectivity index (χ3v) is 7.22. The number of nitrogens with two attached hydrogens (primary N) is 1. The molecule has 2 aromatic carbocycles. The largest absolute Gasteiger partial charge is 0.594 e. The van der Waals surface area contributed by atoms with Gasteiger partial charge < -0.3 is 24.8 Å². The second kappa shape index (κ2) is 9.38. The van der Waals surface area contributed by atoms with Gasteiger partial charge >= 0.3 is 5.63 Å². The average Bonchev–Trinajstić information content (AvgIpc) is 3.16. The molecular weight excluding hydrogens is 546 g/mol. The van der Waals surface area contributed by atoms with Crippen molar-refractivity contribution in [3.05, 3.63) is 96.4 Å². The lowest BCUT2D eigenvalue weighted by atomic mass is 9.83. The zero-order chi connectivity index (χ0) is 26.4. The van der Waals surface area contributed by atoms with Crippen LogP contribution < -0.4 is 26.1 Å². The summed E-state index contributed by atoms with van der Waals surface area (Å²) in [6, 6.07) is 14.2. The molecular formula is C25H20BrN5O6.